The summed E-state index contributed by atoms with van der Waals surface area (Å²) in [6.45, 7) is 4.05. The van der Waals surface area contributed by atoms with Crippen molar-refractivity contribution in [1.29, 1.82) is 0 Å². The lowest BCUT2D eigenvalue weighted by Gasteiger charge is -2.33. The van der Waals surface area contributed by atoms with Gasteiger partial charge in [0.1, 0.15) is 5.00 Å². The van der Waals surface area contributed by atoms with E-state index in [0.717, 1.165) is 5.56 Å². The van der Waals surface area contributed by atoms with Crippen molar-refractivity contribution in [2.45, 2.75) is 38.8 Å². The lowest BCUT2D eigenvalue weighted by atomic mass is 9.97. The van der Waals surface area contributed by atoms with E-state index in [1.807, 2.05) is 12.1 Å². The van der Waals surface area contributed by atoms with Crippen molar-refractivity contribution in [3.05, 3.63) is 52.4 Å². The molecule has 0 radical (unpaired) electrons. The fourth-order valence-corrected chi connectivity index (χ4v) is 4.14. The van der Waals surface area contributed by atoms with Gasteiger partial charge >= 0.3 is 6.18 Å². The number of carbonyl (C=O) groups excluding carboxylic acids is 2. The van der Waals surface area contributed by atoms with E-state index >= 15 is 0 Å². The third-order valence-corrected chi connectivity index (χ3v) is 5.96. The third kappa shape index (κ3) is 4.98. The molecule has 1 saturated heterocycles. The first kappa shape index (κ1) is 21.4. The largest absolute Gasteiger partial charge is 0.393 e. The van der Waals surface area contributed by atoms with Crippen LogP contribution in [0.1, 0.15) is 58.9 Å². The van der Waals surface area contributed by atoms with Crippen LogP contribution < -0.4 is 5.32 Å². The van der Waals surface area contributed by atoms with Gasteiger partial charge in [0.05, 0.1) is 11.5 Å². The molecule has 8 heteroatoms. The van der Waals surface area contributed by atoms with Gasteiger partial charge in [-0.3, -0.25) is 9.59 Å². The monoisotopic (exact) mass is 424 g/mol. The van der Waals surface area contributed by atoms with Crippen LogP contribution in [0.5, 0.6) is 0 Å². The molecule has 2 aromatic rings. The zero-order valence-electron chi connectivity index (χ0n) is 16.3. The van der Waals surface area contributed by atoms with E-state index < -0.39 is 18.0 Å². The van der Waals surface area contributed by atoms with Gasteiger partial charge < -0.3 is 10.2 Å². The van der Waals surface area contributed by atoms with Gasteiger partial charge in [0, 0.05) is 18.7 Å². The van der Waals surface area contributed by atoms with Crippen molar-refractivity contribution in [3.63, 3.8) is 0 Å². The van der Waals surface area contributed by atoms with Gasteiger partial charge in [-0.1, -0.05) is 26.0 Å². The van der Waals surface area contributed by atoms with Crippen molar-refractivity contribution in [1.82, 2.24) is 4.90 Å². The van der Waals surface area contributed by atoms with E-state index in [0.29, 0.717) is 22.9 Å². The number of likely N-dealkylation sites (tertiary alicyclic amines) is 1. The molecule has 0 aliphatic carbocycles. The molecule has 0 bridgehead atoms. The first-order valence-electron chi connectivity index (χ1n) is 9.51. The van der Waals surface area contributed by atoms with Crippen LogP contribution in [0.15, 0.2) is 35.7 Å². The minimum atomic E-state index is -4.31. The number of anilines is 1. The van der Waals surface area contributed by atoms with Gasteiger partial charge in [-0.25, -0.2) is 0 Å². The average Bonchev–Trinajstić information content (AvgIpc) is 3.15. The maximum atomic E-state index is 13.0. The number of hydrogen-bond acceptors (Lipinski definition) is 3. The lowest BCUT2D eigenvalue weighted by Crippen LogP contribution is -2.44. The summed E-state index contributed by atoms with van der Waals surface area (Å²) in [5, 5.41) is 4.72. The van der Waals surface area contributed by atoms with Crippen LogP contribution in [0.4, 0.5) is 18.2 Å². The van der Waals surface area contributed by atoms with Crippen molar-refractivity contribution >= 4 is 28.2 Å². The van der Waals surface area contributed by atoms with Gasteiger partial charge in [-0.05, 0) is 47.9 Å². The van der Waals surface area contributed by atoms with Crippen molar-refractivity contribution in [3.8, 4) is 0 Å². The van der Waals surface area contributed by atoms with E-state index in [2.05, 4.69) is 19.2 Å². The van der Waals surface area contributed by atoms with E-state index in [9.17, 15) is 22.8 Å². The number of amides is 2. The summed E-state index contributed by atoms with van der Waals surface area (Å²) in [5.74, 6) is -2.00. The highest BCUT2D eigenvalue weighted by Gasteiger charge is 2.43. The molecule has 1 aliphatic rings. The average molecular weight is 424 g/mol. The second-order valence-corrected chi connectivity index (χ2v) is 8.44. The molecular formula is C21H23F3N2O2S. The second-order valence-electron chi connectivity index (χ2n) is 7.53. The molecule has 1 fully saturated rings. The zero-order chi connectivity index (χ0) is 21.2. The molecule has 3 rings (SSSR count). The van der Waals surface area contributed by atoms with Crippen LogP contribution in [0, 0.1) is 5.92 Å². The number of benzene rings is 1. The van der Waals surface area contributed by atoms with E-state index in [1.54, 1.807) is 23.6 Å². The molecule has 0 spiro atoms. The molecular weight excluding hydrogens is 401 g/mol. The molecule has 1 aromatic heterocycles. The number of thiophene rings is 1. The van der Waals surface area contributed by atoms with E-state index in [4.69, 9.17) is 0 Å². The van der Waals surface area contributed by atoms with Gasteiger partial charge in [-0.2, -0.15) is 13.2 Å². The number of hydrogen-bond donors (Lipinski definition) is 1. The van der Waals surface area contributed by atoms with Gasteiger partial charge in [0.15, 0.2) is 0 Å². The van der Waals surface area contributed by atoms with E-state index in [1.165, 1.54) is 16.2 Å². The highest BCUT2D eigenvalue weighted by Crippen LogP contribution is 2.34. The predicted molar refractivity (Wildman–Crippen MR) is 107 cm³/mol. The highest BCUT2D eigenvalue weighted by molar-refractivity contribution is 7.14. The summed E-state index contributed by atoms with van der Waals surface area (Å²) in [5.41, 5.74) is 1.79. The van der Waals surface area contributed by atoms with Gasteiger partial charge in [0.2, 0.25) is 0 Å². The molecule has 0 saturated carbocycles. The van der Waals surface area contributed by atoms with Crippen LogP contribution in [-0.4, -0.2) is 36.0 Å². The number of alkyl halides is 3. The first-order valence-corrected chi connectivity index (χ1v) is 10.4. The Labute approximate surface area is 171 Å². The quantitative estimate of drug-likeness (QED) is 0.701. The zero-order valence-corrected chi connectivity index (χ0v) is 17.1. The third-order valence-electron chi connectivity index (χ3n) is 5.13. The standard InChI is InChI=1S/C21H23F3N2O2S/c1-13(2)14-5-7-15(8-6-14)18(27)25-19-17(9-11-29-19)20(28)26-10-3-4-16(12-26)21(22,23)24/h5-9,11,13,16H,3-4,10,12H2,1-2H3,(H,25,27)/t16-/m1/s1. The van der Waals surface area contributed by atoms with Gasteiger partial charge in [0.25, 0.3) is 11.8 Å². The lowest BCUT2D eigenvalue weighted by molar-refractivity contribution is -0.184. The van der Waals surface area contributed by atoms with E-state index in [-0.39, 0.29) is 31.0 Å². The smallest absolute Gasteiger partial charge is 0.338 e. The van der Waals surface area contributed by atoms with Crippen molar-refractivity contribution in [2.75, 3.05) is 18.4 Å². The maximum absolute atomic E-state index is 13.0. The fraction of sp³-hybridized carbons (Fsp3) is 0.429. The molecule has 29 heavy (non-hydrogen) atoms. The number of piperidine rings is 1. The molecule has 4 nitrogen and oxygen atoms in total. The summed E-state index contributed by atoms with van der Waals surface area (Å²) in [6, 6.07) is 8.74. The Kier molecular flexibility index (Phi) is 6.31. The summed E-state index contributed by atoms with van der Waals surface area (Å²) < 4.78 is 39.1. The Bertz CT molecular complexity index is 875. The van der Waals surface area contributed by atoms with Crippen LogP contribution in [-0.2, 0) is 0 Å². The van der Waals surface area contributed by atoms with Gasteiger partial charge in [-0.15, -0.1) is 11.3 Å². The minimum absolute atomic E-state index is 0.0346. The first-order chi connectivity index (χ1) is 13.7. The predicted octanol–water partition coefficient (Wildman–Crippen LogP) is 5.54. The Morgan fingerprint density at radius 2 is 1.86 bits per heavy atom. The molecule has 2 amide bonds. The second kappa shape index (κ2) is 8.57. The van der Waals surface area contributed by atoms with Crippen molar-refractivity contribution < 1.29 is 22.8 Å². The number of carbonyl (C=O) groups is 2. The molecule has 2 heterocycles. The summed E-state index contributed by atoms with van der Waals surface area (Å²) in [7, 11) is 0. The Morgan fingerprint density at radius 1 is 1.17 bits per heavy atom. The molecule has 1 aromatic carbocycles. The highest BCUT2D eigenvalue weighted by atomic mass is 32.1. The molecule has 1 atom stereocenters. The Morgan fingerprint density at radius 3 is 2.48 bits per heavy atom. The topological polar surface area (TPSA) is 49.4 Å². The summed E-state index contributed by atoms with van der Waals surface area (Å²) in [4.78, 5) is 26.6. The minimum Gasteiger partial charge on any atom is -0.338 e. The molecule has 156 valence electrons. The van der Waals surface area contributed by atoms with Crippen LogP contribution >= 0.6 is 11.3 Å². The fourth-order valence-electron chi connectivity index (χ4n) is 3.37. The Hall–Kier alpha value is -2.35. The molecule has 1 aliphatic heterocycles. The maximum Gasteiger partial charge on any atom is 0.393 e. The van der Waals surface area contributed by atoms with Crippen LogP contribution in [0.2, 0.25) is 0 Å². The number of nitrogens with one attached hydrogen (secondary N) is 1. The molecule has 1 N–H and O–H groups in total. The van der Waals surface area contributed by atoms with Crippen LogP contribution in [0.25, 0.3) is 0 Å². The summed E-state index contributed by atoms with van der Waals surface area (Å²) >= 11 is 1.18. The summed E-state index contributed by atoms with van der Waals surface area (Å²) in [6.07, 6.45) is -3.97. The Balaban J connectivity index is 1.71. The van der Waals surface area contributed by atoms with Crippen molar-refractivity contribution in [2.24, 2.45) is 5.92 Å². The number of rotatable bonds is 4. The number of nitrogens with zero attached hydrogens (tertiary/aromatic N) is 1. The molecule has 0 unspecified atom stereocenters. The SMILES string of the molecule is CC(C)c1ccc(C(=O)Nc2sccc2C(=O)N2CCC[C@@H](C(F)(F)F)C2)cc1. The number of halogens is 3. The van der Waals surface area contributed by atoms with Crippen LogP contribution in [0.3, 0.4) is 0 Å². The normalized spacial score (nSPS) is 17.4.